The number of nitrogens with two attached hydrogens (primary N) is 2. The fourth-order valence-electron chi connectivity index (χ4n) is 0.910. The van der Waals surface area contributed by atoms with Crippen LogP contribution in [0.4, 0.5) is 4.79 Å². The Labute approximate surface area is 80.8 Å². The highest BCUT2D eigenvalue weighted by Crippen LogP contribution is 2.04. The number of carbonyl (C=O) groups excluding carboxylic acids is 1. The van der Waals surface area contributed by atoms with Gasteiger partial charge in [-0.25, -0.2) is 4.79 Å². The van der Waals surface area contributed by atoms with E-state index in [1.165, 1.54) is 0 Å². The molecule has 0 aliphatic heterocycles. The number of benzene rings is 1. The summed E-state index contributed by atoms with van der Waals surface area (Å²) < 4.78 is 0. The van der Waals surface area contributed by atoms with E-state index in [0.717, 1.165) is 11.0 Å². The van der Waals surface area contributed by atoms with E-state index in [0.29, 0.717) is 0 Å². The first-order chi connectivity index (χ1) is 6.70. The number of amides is 2. The van der Waals surface area contributed by atoms with Gasteiger partial charge in [-0.1, -0.05) is 12.1 Å². The van der Waals surface area contributed by atoms with Crippen molar-refractivity contribution in [1.82, 2.24) is 9.97 Å². The highest BCUT2D eigenvalue weighted by molar-refractivity contribution is 5.73. The Balaban J connectivity index is 0.000000213. The van der Waals surface area contributed by atoms with Crippen LogP contribution in [0, 0.1) is 0 Å². The number of fused-ring (bicyclic) bond motifs is 1. The minimum absolute atomic E-state index is 0.833. The molecule has 0 atom stereocenters. The molecule has 5 nitrogen and oxygen atoms in total. The molecule has 1 aromatic carbocycles. The van der Waals surface area contributed by atoms with Gasteiger partial charge >= 0.3 is 6.03 Å². The Bertz CT molecular complexity index is 360. The third kappa shape index (κ3) is 3.06. The van der Waals surface area contributed by atoms with Crippen molar-refractivity contribution in [2.45, 2.75) is 0 Å². The lowest BCUT2D eigenvalue weighted by Crippen LogP contribution is -2.18. The summed E-state index contributed by atoms with van der Waals surface area (Å²) in [4.78, 5) is 17.2. The molecular formula is C9H10N4O. The summed E-state index contributed by atoms with van der Waals surface area (Å²) in [6.45, 7) is 0. The van der Waals surface area contributed by atoms with Gasteiger partial charge in [0.1, 0.15) is 0 Å². The molecule has 72 valence electrons. The van der Waals surface area contributed by atoms with Gasteiger partial charge in [0.2, 0.25) is 0 Å². The summed E-state index contributed by atoms with van der Waals surface area (Å²) >= 11 is 0. The minimum Gasteiger partial charge on any atom is -0.352 e. The molecule has 4 N–H and O–H groups in total. The van der Waals surface area contributed by atoms with E-state index in [9.17, 15) is 0 Å². The fourth-order valence-corrected chi connectivity index (χ4v) is 0.910. The van der Waals surface area contributed by atoms with E-state index in [2.05, 4.69) is 21.4 Å². The van der Waals surface area contributed by atoms with Crippen molar-refractivity contribution in [3.05, 3.63) is 36.7 Å². The maximum Gasteiger partial charge on any atom is 0.309 e. The molecule has 1 heterocycles. The van der Waals surface area contributed by atoms with E-state index < -0.39 is 6.03 Å². The second-order valence-electron chi connectivity index (χ2n) is 2.45. The predicted octanol–water partition coefficient (Wildman–Crippen LogP) is 0.654. The topological polar surface area (TPSA) is 94.9 Å². The molecule has 2 aromatic rings. The zero-order valence-electron chi connectivity index (χ0n) is 7.42. The molecule has 0 unspecified atom stereocenters. The van der Waals surface area contributed by atoms with Crippen LogP contribution in [0.3, 0.4) is 0 Å². The fraction of sp³-hybridized carbons (Fsp3) is 0. The highest BCUT2D eigenvalue weighted by Gasteiger charge is 1.88. The van der Waals surface area contributed by atoms with Gasteiger partial charge < -0.3 is 11.5 Å². The van der Waals surface area contributed by atoms with Crippen molar-refractivity contribution in [1.29, 1.82) is 0 Å². The van der Waals surface area contributed by atoms with Crippen LogP contribution in [0.1, 0.15) is 0 Å². The lowest BCUT2D eigenvalue weighted by atomic mass is 10.3. The first kappa shape index (κ1) is 9.91. The lowest BCUT2D eigenvalue weighted by Gasteiger charge is -1.90. The molecule has 5 heteroatoms. The number of hydrogen-bond acceptors (Lipinski definition) is 3. The van der Waals surface area contributed by atoms with Gasteiger partial charge in [-0.15, -0.1) is 0 Å². The standard InChI is InChI=1S/C8H6N2.CH4N2O/c1-2-4-8-7(3-1)9-5-6-10-8;2-1(3)4/h1-6H;(H4,2,3,4). The Morgan fingerprint density at radius 1 is 1.00 bits per heavy atom. The Kier molecular flexibility index (Phi) is 3.37. The molecule has 0 radical (unpaired) electrons. The molecule has 2 amide bonds. The number of carbonyl (C=O) groups is 1. The maximum atomic E-state index is 9.00. The first-order valence-electron chi connectivity index (χ1n) is 3.91. The summed E-state index contributed by atoms with van der Waals surface area (Å²) in [5, 5.41) is 0. The van der Waals surface area contributed by atoms with Gasteiger partial charge in [0, 0.05) is 12.4 Å². The number of para-hydroxylation sites is 2. The molecule has 0 fully saturated rings. The molecule has 14 heavy (non-hydrogen) atoms. The molecule has 0 bridgehead atoms. The number of aromatic nitrogens is 2. The summed E-state index contributed by atoms with van der Waals surface area (Å²) in [5.41, 5.74) is 10.4. The van der Waals surface area contributed by atoms with Crippen LogP contribution in [0.5, 0.6) is 0 Å². The second kappa shape index (κ2) is 4.76. The van der Waals surface area contributed by atoms with Gasteiger partial charge in [-0.2, -0.15) is 0 Å². The van der Waals surface area contributed by atoms with Crippen molar-refractivity contribution < 1.29 is 4.79 Å². The first-order valence-corrected chi connectivity index (χ1v) is 3.91. The van der Waals surface area contributed by atoms with Crippen LogP contribution >= 0.6 is 0 Å². The molecule has 0 aliphatic carbocycles. The van der Waals surface area contributed by atoms with Crippen molar-refractivity contribution in [3.63, 3.8) is 0 Å². The minimum atomic E-state index is -0.833. The smallest absolute Gasteiger partial charge is 0.309 e. The molecule has 0 saturated carbocycles. The Morgan fingerprint density at radius 3 is 1.71 bits per heavy atom. The van der Waals surface area contributed by atoms with Gasteiger partial charge in [-0.05, 0) is 12.1 Å². The largest absolute Gasteiger partial charge is 0.352 e. The third-order valence-electron chi connectivity index (χ3n) is 1.38. The molecular weight excluding hydrogens is 180 g/mol. The summed E-state index contributed by atoms with van der Waals surface area (Å²) in [7, 11) is 0. The zero-order valence-corrected chi connectivity index (χ0v) is 7.42. The maximum absolute atomic E-state index is 9.00. The van der Waals surface area contributed by atoms with Crippen molar-refractivity contribution in [2.24, 2.45) is 11.5 Å². The van der Waals surface area contributed by atoms with Gasteiger partial charge in [-0.3, -0.25) is 9.97 Å². The van der Waals surface area contributed by atoms with Crippen LogP contribution in [0.25, 0.3) is 11.0 Å². The van der Waals surface area contributed by atoms with Crippen molar-refractivity contribution in [2.75, 3.05) is 0 Å². The number of hydrogen-bond donors (Lipinski definition) is 2. The highest BCUT2D eigenvalue weighted by atomic mass is 16.2. The predicted molar refractivity (Wildman–Crippen MR) is 53.3 cm³/mol. The van der Waals surface area contributed by atoms with E-state index in [1.54, 1.807) is 12.4 Å². The number of rotatable bonds is 0. The quantitative estimate of drug-likeness (QED) is 0.638. The lowest BCUT2D eigenvalue weighted by molar-refractivity contribution is 0.256. The van der Waals surface area contributed by atoms with Crippen LogP contribution in [-0.2, 0) is 0 Å². The average molecular weight is 190 g/mol. The van der Waals surface area contributed by atoms with Crippen LogP contribution < -0.4 is 11.5 Å². The summed E-state index contributed by atoms with van der Waals surface area (Å²) in [6, 6.07) is 6.97. The van der Waals surface area contributed by atoms with Crippen LogP contribution in [0.2, 0.25) is 0 Å². The Morgan fingerprint density at radius 2 is 1.36 bits per heavy atom. The van der Waals surface area contributed by atoms with Crippen LogP contribution in [-0.4, -0.2) is 16.0 Å². The summed E-state index contributed by atoms with van der Waals surface area (Å²) in [6.07, 6.45) is 3.39. The van der Waals surface area contributed by atoms with Crippen molar-refractivity contribution >= 4 is 17.1 Å². The third-order valence-corrected chi connectivity index (χ3v) is 1.38. The molecule has 2 rings (SSSR count). The van der Waals surface area contributed by atoms with Gasteiger partial charge in [0.05, 0.1) is 11.0 Å². The Hall–Kier alpha value is -2.17. The molecule has 1 aromatic heterocycles. The van der Waals surface area contributed by atoms with Crippen LogP contribution in [0.15, 0.2) is 36.7 Å². The molecule has 0 aliphatic rings. The number of urea groups is 1. The zero-order chi connectivity index (χ0) is 10.4. The monoisotopic (exact) mass is 190 g/mol. The average Bonchev–Trinajstić information content (AvgIpc) is 2.17. The molecule has 0 spiro atoms. The number of nitrogens with zero attached hydrogens (tertiary/aromatic N) is 2. The van der Waals surface area contributed by atoms with E-state index >= 15 is 0 Å². The SMILES string of the molecule is NC(N)=O.c1ccc2nccnc2c1. The summed E-state index contributed by atoms with van der Waals surface area (Å²) in [5.74, 6) is 0. The normalized spacial score (nSPS) is 8.86. The second-order valence-corrected chi connectivity index (χ2v) is 2.45. The van der Waals surface area contributed by atoms with Gasteiger partial charge in [0.15, 0.2) is 0 Å². The number of primary amides is 2. The molecule has 0 saturated heterocycles. The van der Waals surface area contributed by atoms with E-state index in [4.69, 9.17) is 4.79 Å². The van der Waals surface area contributed by atoms with Crippen molar-refractivity contribution in [3.8, 4) is 0 Å². The van der Waals surface area contributed by atoms with E-state index in [1.807, 2.05) is 24.3 Å². The van der Waals surface area contributed by atoms with E-state index in [-0.39, 0.29) is 0 Å². The van der Waals surface area contributed by atoms with Gasteiger partial charge in [0.25, 0.3) is 0 Å².